The van der Waals surface area contributed by atoms with Crippen LogP contribution in [-0.2, 0) is 4.79 Å². The molecule has 2 rings (SSSR count). The van der Waals surface area contributed by atoms with Gasteiger partial charge in [0.2, 0.25) is 0 Å². The predicted octanol–water partition coefficient (Wildman–Crippen LogP) is 0.794. The van der Waals surface area contributed by atoms with Gasteiger partial charge < -0.3 is 15.1 Å². The van der Waals surface area contributed by atoms with Crippen LogP contribution >= 0.6 is 0 Å². The Hall–Kier alpha value is -1.95. The number of aryl methyl sites for hydroxylation is 1. The smallest absolute Gasteiger partial charge is 0.326 e. The Morgan fingerprint density at radius 2 is 2.11 bits per heavy atom. The molecule has 1 aromatic carbocycles. The molecule has 1 aliphatic heterocycles. The molecule has 19 heavy (non-hydrogen) atoms. The van der Waals surface area contributed by atoms with Gasteiger partial charge in [0.25, 0.3) is 5.91 Å². The van der Waals surface area contributed by atoms with Gasteiger partial charge in [-0.3, -0.25) is 4.79 Å². The number of carbonyl (C=O) groups excluding carboxylic acids is 1. The zero-order valence-corrected chi connectivity index (χ0v) is 10.3. The van der Waals surface area contributed by atoms with Crippen LogP contribution in [0.2, 0.25) is 0 Å². The standard InChI is InChI=1S/C13H14FNO4/c1-7-2-3-10(14)9(4-7)12(17)15-6-8(16)5-11(15)13(18)19/h2-4,8,11,16H,5-6H2,1H3,(H,18,19). The van der Waals surface area contributed by atoms with Gasteiger partial charge in [0, 0.05) is 13.0 Å². The third kappa shape index (κ3) is 2.58. The number of likely N-dealkylation sites (tertiary alicyclic amines) is 1. The molecule has 0 bridgehead atoms. The van der Waals surface area contributed by atoms with Crippen LogP contribution in [0.4, 0.5) is 4.39 Å². The SMILES string of the molecule is Cc1ccc(F)c(C(=O)N2CC(O)CC2C(=O)O)c1. The number of halogens is 1. The molecule has 1 aliphatic rings. The van der Waals surface area contributed by atoms with E-state index in [9.17, 15) is 19.1 Å². The third-order valence-corrected chi connectivity index (χ3v) is 3.18. The van der Waals surface area contributed by atoms with Crippen molar-refractivity contribution in [3.05, 3.63) is 35.1 Å². The Labute approximate surface area is 109 Å². The van der Waals surface area contributed by atoms with Crippen LogP contribution in [0, 0.1) is 12.7 Å². The summed E-state index contributed by atoms with van der Waals surface area (Å²) in [6.45, 7) is 1.62. The number of hydrogen-bond acceptors (Lipinski definition) is 3. The number of aliphatic hydroxyl groups excluding tert-OH is 1. The first-order valence-corrected chi connectivity index (χ1v) is 5.88. The Bertz CT molecular complexity index is 531. The number of rotatable bonds is 2. The average molecular weight is 267 g/mol. The second-order valence-electron chi connectivity index (χ2n) is 4.68. The summed E-state index contributed by atoms with van der Waals surface area (Å²) in [6.07, 6.45) is -0.924. The van der Waals surface area contributed by atoms with Crippen LogP contribution in [0.1, 0.15) is 22.3 Å². The zero-order valence-electron chi connectivity index (χ0n) is 10.3. The van der Waals surface area contributed by atoms with Crippen molar-refractivity contribution in [2.45, 2.75) is 25.5 Å². The molecule has 1 heterocycles. The fourth-order valence-corrected chi connectivity index (χ4v) is 2.23. The number of nitrogens with zero attached hydrogens (tertiary/aromatic N) is 1. The minimum Gasteiger partial charge on any atom is -0.480 e. The summed E-state index contributed by atoms with van der Waals surface area (Å²) in [6, 6.07) is 2.97. The minimum absolute atomic E-state index is 0.0332. The van der Waals surface area contributed by atoms with E-state index in [-0.39, 0.29) is 18.5 Å². The van der Waals surface area contributed by atoms with E-state index in [0.717, 1.165) is 4.90 Å². The number of hydrogen-bond donors (Lipinski definition) is 2. The summed E-state index contributed by atoms with van der Waals surface area (Å²) < 4.78 is 13.6. The lowest BCUT2D eigenvalue weighted by molar-refractivity contribution is -0.141. The molecule has 0 spiro atoms. The van der Waals surface area contributed by atoms with Crippen LogP contribution < -0.4 is 0 Å². The zero-order chi connectivity index (χ0) is 14.2. The maximum atomic E-state index is 13.6. The van der Waals surface area contributed by atoms with E-state index < -0.39 is 29.8 Å². The van der Waals surface area contributed by atoms with Crippen molar-refractivity contribution >= 4 is 11.9 Å². The number of aliphatic hydroxyl groups is 1. The number of β-amino-alcohol motifs (C(OH)–C–C–N with tert-alkyl or cyclic N) is 1. The van der Waals surface area contributed by atoms with Gasteiger partial charge in [-0.2, -0.15) is 0 Å². The molecule has 1 aromatic rings. The lowest BCUT2D eigenvalue weighted by atomic mass is 10.1. The van der Waals surface area contributed by atoms with Gasteiger partial charge in [-0.05, 0) is 19.1 Å². The maximum absolute atomic E-state index is 13.6. The Morgan fingerprint density at radius 1 is 1.42 bits per heavy atom. The molecule has 0 aliphatic carbocycles. The normalized spacial score (nSPS) is 22.6. The number of amides is 1. The van der Waals surface area contributed by atoms with Crippen LogP contribution in [0.15, 0.2) is 18.2 Å². The molecule has 0 aromatic heterocycles. The molecule has 2 N–H and O–H groups in total. The molecule has 2 atom stereocenters. The van der Waals surface area contributed by atoms with Crippen molar-refractivity contribution in [2.75, 3.05) is 6.54 Å². The van der Waals surface area contributed by atoms with Crippen LogP contribution in [-0.4, -0.2) is 45.7 Å². The quantitative estimate of drug-likeness (QED) is 0.830. The number of carboxylic acid groups (broad SMARTS) is 1. The van der Waals surface area contributed by atoms with E-state index in [4.69, 9.17) is 5.11 Å². The average Bonchev–Trinajstić information content (AvgIpc) is 2.74. The summed E-state index contributed by atoms with van der Waals surface area (Å²) in [4.78, 5) is 24.2. The van der Waals surface area contributed by atoms with Gasteiger partial charge in [0.1, 0.15) is 11.9 Å². The van der Waals surface area contributed by atoms with Gasteiger partial charge in [0.05, 0.1) is 11.7 Å². The molecule has 0 radical (unpaired) electrons. The van der Waals surface area contributed by atoms with Gasteiger partial charge >= 0.3 is 5.97 Å². The van der Waals surface area contributed by atoms with E-state index >= 15 is 0 Å². The molecule has 0 saturated carbocycles. The lowest BCUT2D eigenvalue weighted by Gasteiger charge is -2.21. The second kappa shape index (κ2) is 4.97. The largest absolute Gasteiger partial charge is 0.480 e. The van der Waals surface area contributed by atoms with Crippen LogP contribution in [0.25, 0.3) is 0 Å². The molecule has 6 heteroatoms. The topological polar surface area (TPSA) is 77.8 Å². The lowest BCUT2D eigenvalue weighted by Crippen LogP contribution is -2.41. The van der Waals surface area contributed by atoms with E-state index in [1.807, 2.05) is 0 Å². The molecule has 102 valence electrons. The Morgan fingerprint density at radius 3 is 2.74 bits per heavy atom. The highest BCUT2D eigenvalue weighted by Gasteiger charge is 2.39. The van der Waals surface area contributed by atoms with Crippen LogP contribution in [0.5, 0.6) is 0 Å². The Balaban J connectivity index is 2.33. The molecular formula is C13H14FNO4. The first-order chi connectivity index (χ1) is 8.90. The van der Waals surface area contributed by atoms with Gasteiger partial charge in [0.15, 0.2) is 0 Å². The maximum Gasteiger partial charge on any atom is 0.326 e. The summed E-state index contributed by atoms with van der Waals surface area (Å²) in [5.74, 6) is -2.59. The number of benzene rings is 1. The summed E-state index contributed by atoms with van der Waals surface area (Å²) in [5, 5.41) is 18.5. The van der Waals surface area contributed by atoms with Crippen LogP contribution in [0.3, 0.4) is 0 Å². The van der Waals surface area contributed by atoms with Crippen molar-refractivity contribution in [2.24, 2.45) is 0 Å². The molecular weight excluding hydrogens is 253 g/mol. The summed E-state index contributed by atoms with van der Waals surface area (Å²) in [5.41, 5.74) is 0.539. The molecule has 1 fully saturated rings. The fourth-order valence-electron chi connectivity index (χ4n) is 2.23. The van der Waals surface area contributed by atoms with Gasteiger partial charge in [-0.15, -0.1) is 0 Å². The molecule has 1 saturated heterocycles. The minimum atomic E-state index is -1.20. The first-order valence-electron chi connectivity index (χ1n) is 5.88. The summed E-state index contributed by atoms with van der Waals surface area (Å²) >= 11 is 0. The van der Waals surface area contributed by atoms with Crippen molar-refractivity contribution in [3.63, 3.8) is 0 Å². The number of aliphatic carboxylic acids is 1. The molecule has 2 unspecified atom stereocenters. The van der Waals surface area contributed by atoms with Crippen molar-refractivity contribution in [3.8, 4) is 0 Å². The number of carboxylic acids is 1. The molecule has 1 amide bonds. The summed E-state index contributed by atoms with van der Waals surface area (Å²) in [7, 11) is 0. The highest BCUT2D eigenvalue weighted by molar-refractivity contribution is 5.97. The highest BCUT2D eigenvalue weighted by atomic mass is 19.1. The van der Waals surface area contributed by atoms with E-state index in [0.29, 0.717) is 5.56 Å². The number of carbonyl (C=O) groups is 2. The highest BCUT2D eigenvalue weighted by Crippen LogP contribution is 2.22. The van der Waals surface area contributed by atoms with Crippen molar-refractivity contribution in [1.29, 1.82) is 0 Å². The monoisotopic (exact) mass is 267 g/mol. The third-order valence-electron chi connectivity index (χ3n) is 3.18. The first kappa shape index (κ1) is 13.5. The van der Waals surface area contributed by atoms with E-state index in [1.165, 1.54) is 18.2 Å². The van der Waals surface area contributed by atoms with Gasteiger partial charge in [-0.1, -0.05) is 11.6 Å². The molecule has 5 nitrogen and oxygen atoms in total. The Kier molecular flexibility index (Phi) is 3.53. The second-order valence-corrected chi connectivity index (χ2v) is 4.68. The van der Waals surface area contributed by atoms with E-state index in [1.54, 1.807) is 6.92 Å². The van der Waals surface area contributed by atoms with E-state index in [2.05, 4.69) is 0 Å². The van der Waals surface area contributed by atoms with Gasteiger partial charge in [-0.25, -0.2) is 9.18 Å². The van der Waals surface area contributed by atoms with Crippen molar-refractivity contribution in [1.82, 2.24) is 4.90 Å². The fraction of sp³-hybridized carbons (Fsp3) is 0.385. The predicted molar refractivity (Wildman–Crippen MR) is 64.2 cm³/mol. The van der Waals surface area contributed by atoms with Crippen molar-refractivity contribution < 1.29 is 24.2 Å².